The normalized spacial score (nSPS) is 16.2. The molecule has 0 bridgehead atoms. The molecule has 1 aliphatic rings. The highest BCUT2D eigenvalue weighted by Gasteiger charge is 2.30. The molecule has 2 rings (SSSR count). The first-order valence-electron chi connectivity index (χ1n) is 9.26. The number of carbonyl (C=O) groups excluding carboxylic acids is 2. The first kappa shape index (κ1) is 22.8. The van der Waals surface area contributed by atoms with Gasteiger partial charge in [0, 0.05) is 19.1 Å². The van der Waals surface area contributed by atoms with Gasteiger partial charge < -0.3 is 14.8 Å². The van der Waals surface area contributed by atoms with E-state index in [1.807, 2.05) is 0 Å². The minimum absolute atomic E-state index is 0.0404. The quantitative estimate of drug-likeness (QED) is 0.770. The molecule has 2 amide bonds. The summed E-state index contributed by atoms with van der Waals surface area (Å²) < 4.78 is 48.0. The van der Waals surface area contributed by atoms with Gasteiger partial charge in [0.15, 0.2) is 6.61 Å². The van der Waals surface area contributed by atoms with Gasteiger partial charge in [0.2, 0.25) is 0 Å². The molecule has 1 aliphatic heterocycles. The Kier molecular flexibility index (Phi) is 7.34. The molecule has 1 fully saturated rings. The van der Waals surface area contributed by atoms with Crippen LogP contribution in [0, 0.1) is 0 Å². The van der Waals surface area contributed by atoms with Gasteiger partial charge >= 0.3 is 12.3 Å². The van der Waals surface area contributed by atoms with Crippen molar-refractivity contribution >= 4 is 12.0 Å². The summed E-state index contributed by atoms with van der Waals surface area (Å²) in [6.07, 6.45) is -3.61. The van der Waals surface area contributed by atoms with Crippen LogP contribution < -0.4 is 15.5 Å². The zero-order valence-corrected chi connectivity index (χ0v) is 16.6. The van der Waals surface area contributed by atoms with Crippen LogP contribution in [0.2, 0.25) is 0 Å². The van der Waals surface area contributed by atoms with Gasteiger partial charge in [-0.3, -0.25) is 10.2 Å². The summed E-state index contributed by atoms with van der Waals surface area (Å²) in [5.41, 5.74) is 1.34. The Morgan fingerprint density at radius 1 is 1.10 bits per heavy atom. The van der Waals surface area contributed by atoms with Crippen molar-refractivity contribution in [2.24, 2.45) is 0 Å². The highest BCUT2D eigenvalue weighted by molar-refractivity contribution is 5.77. The predicted octanol–water partition coefficient (Wildman–Crippen LogP) is 3.10. The number of hydrogen-bond acceptors (Lipinski definition) is 5. The highest BCUT2D eigenvalue weighted by Crippen LogP contribution is 2.30. The van der Waals surface area contributed by atoms with Crippen molar-refractivity contribution in [3.63, 3.8) is 0 Å². The number of amides is 2. The van der Waals surface area contributed by atoms with E-state index in [2.05, 4.69) is 10.7 Å². The molecule has 162 valence electrons. The van der Waals surface area contributed by atoms with Crippen molar-refractivity contribution < 1.29 is 32.2 Å². The molecule has 0 radical (unpaired) electrons. The molecule has 10 heteroatoms. The number of hydrazine groups is 1. The Labute approximate surface area is 167 Å². The summed E-state index contributed by atoms with van der Waals surface area (Å²) in [4.78, 5) is 23.8. The Bertz CT molecular complexity index is 694. The zero-order chi connectivity index (χ0) is 21.7. The van der Waals surface area contributed by atoms with Crippen LogP contribution in [0.1, 0.15) is 39.2 Å². The van der Waals surface area contributed by atoms with Gasteiger partial charge in [-0.15, -0.1) is 0 Å². The summed E-state index contributed by atoms with van der Waals surface area (Å²) in [7, 11) is 0. The number of hydrogen-bond donors (Lipinski definition) is 2. The van der Waals surface area contributed by atoms with Crippen molar-refractivity contribution in [3.8, 4) is 5.75 Å². The third-order valence-electron chi connectivity index (χ3n) is 4.05. The second-order valence-electron chi connectivity index (χ2n) is 7.75. The molecule has 0 unspecified atom stereocenters. The third kappa shape index (κ3) is 8.18. The molecule has 2 N–H and O–H groups in total. The van der Waals surface area contributed by atoms with E-state index in [1.54, 1.807) is 25.8 Å². The fourth-order valence-electron chi connectivity index (χ4n) is 2.71. The van der Waals surface area contributed by atoms with Gasteiger partial charge in [0.05, 0.1) is 5.56 Å². The van der Waals surface area contributed by atoms with Gasteiger partial charge in [0.1, 0.15) is 11.4 Å². The number of benzene rings is 1. The van der Waals surface area contributed by atoms with Crippen molar-refractivity contribution in [1.82, 2.24) is 15.8 Å². The molecule has 0 saturated carbocycles. The second-order valence-corrected chi connectivity index (χ2v) is 7.75. The fraction of sp³-hybridized carbons (Fsp3) is 0.579. The first-order valence-corrected chi connectivity index (χ1v) is 9.26. The molecule has 1 aromatic rings. The number of carbonyl (C=O) groups is 2. The van der Waals surface area contributed by atoms with E-state index in [1.165, 1.54) is 12.1 Å². The highest BCUT2D eigenvalue weighted by atomic mass is 19.4. The predicted molar refractivity (Wildman–Crippen MR) is 99.0 cm³/mol. The summed E-state index contributed by atoms with van der Waals surface area (Å²) in [6.45, 7) is 6.12. The molecule has 1 aromatic carbocycles. The van der Waals surface area contributed by atoms with Crippen LogP contribution in [0.4, 0.5) is 18.0 Å². The number of alkyl carbamates (subject to hydrolysis) is 1. The van der Waals surface area contributed by atoms with Gasteiger partial charge in [0.25, 0.3) is 5.91 Å². The van der Waals surface area contributed by atoms with E-state index in [-0.39, 0.29) is 18.4 Å². The van der Waals surface area contributed by atoms with Gasteiger partial charge in [-0.1, -0.05) is 0 Å². The lowest BCUT2D eigenvalue weighted by atomic mass is 10.1. The lowest BCUT2D eigenvalue weighted by Gasteiger charge is -2.32. The standard InChI is InChI=1S/C19H26F3N3O4/c1-18(2,3)29-17(27)23-14-8-10-25(11-9-14)24-16(26)12-28-15-6-4-13(5-7-15)19(20,21)22/h4-7,14H,8-12H2,1-3H3,(H,23,27)(H,24,26). The molecule has 1 heterocycles. The molecular formula is C19H26F3N3O4. The maximum atomic E-state index is 12.5. The number of alkyl halides is 3. The van der Waals surface area contributed by atoms with Crippen LogP contribution in [0.25, 0.3) is 0 Å². The van der Waals surface area contributed by atoms with E-state index < -0.39 is 29.3 Å². The fourth-order valence-corrected chi connectivity index (χ4v) is 2.71. The zero-order valence-electron chi connectivity index (χ0n) is 16.6. The minimum atomic E-state index is -4.42. The van der Waals surface area contributed by atoms with Crippen LogP contribution in [0.5, 0.6) is 5.75 Å². The van der Waals surface area contributed by atoms with E-state index >= 15 is 0 Å². The van der Waals surface area contributed by atoms with Crippen molar-refractivity contribution in [3.05, 3.63) is 29.8 Å². The van der Waals surface area contributed by atoms with E-state index in [9.17, 15) is 22.8 Å². The topological polar surface area (TPSA) is 79.9 Å². The van der Waals surface area contributed by atoms with E-state index in [4.69, 9.17) is 9.47 Å². The first-order chi connectivity index (χ1) is 13.4. The van der Waals surface area contributed by atoms with Crippen LogP contribution in [0.3, 0.4) is 0 Å². The van der Waals surface area contributed by atoms with Crippen LogP contribution in [0.15, 0.2) is 24.3 Å². The van der Waals surface area contributed by atoms with Crippen LogP contribution in [-0.2, 0) is 15.7 Å². The number of piperidine rings is 1. The maximum Gasteiger partial charge on any atom is 0.416 e. The van der Waals surface area contributed by atoms with Gasteiger partial charge in [-0.2, -0.15) is 13.2 Å². The average Bonchev–Trinajstić information content (AvgIpc) is 2.59. The van der Waals surface area contributed by atoms with Crippen molar-refractivity contribution in [2.75, 3.05) is 19.7 Å². The molecule has 7 nitrogen and oxygen atoms in total. The number of rotatable bonds is 5. The lowest BCUT2D eigenvalue weighted by Crippen LogP contribution is -2.52. The smallest absolute Gasteiger partial charge is 0.416 e. The average molecular weight is 417 g/mol. The number of nitrogens with zero attached hydrogens (tertiary/aromatic N) is 1. The summed E-state index contributed by atoms with van der Waals surface area (Å²) in [5, 5.41) is 4.52. The lowest BCUT2D eigenvalue weighted by molar-refractivity contribution is -0.137. The van der Waals surface area contributed by atoms with Crippen molar-refractivity contribution in [1.29, 1.82) is 0 Å². The third-order valence-corrected chi connectivity index (χ3v) is 4.05. The van der Waals surface area contributed by atoms with Crippen molar-refractivity contribution in [2.45, 2.75) is 51.4 Å². The van der Waals surface area contributed by atoms with Crippen LogP contribution in [-0.4, -0.2) is 48.3 Å². The SMILES string of the molecule is CC(C)(C)OC(=O)NC1CCN(NC(=O)COc2ccc(C(F)(F)F)cc2)CC1. The largest absolute Gasteiger partial charge is 0.484 e. The summed E-state index contributed by atoms with van der Waals surface area (Å²) >= 11 is 0. The molecule has 29 heavy (non-hydrogen) atoms. The summed E-state index contributed by atoms with van der Waals surface area (Å²) in [5.74, 6) is -0.239. The van der Waals surface area contributed by atoms with Gasteiger partial charge in [-0.25, -0.2) is 9.80 Å². The maximum absolute atomic E-state index is 12.5. The molecule has 0 aliphatic carbocycles. The molecule has 0 spiro atoms. The Balaban J connectivity index is 1.68. The molecular weight excluding hydrogens is 391 g/mol. The number of halogens is 3. The second kappa shape index (κ2) is 9.34. The number of ether oxygens (including phenoxy) is 2. The Hall–Kier alpha value is -2.49. The molecule has 1 saturated heterocycles. The van der Waals surface area contributed by atoms with Gasteiger partial charge in [-0.05, 0) is 57.9 Å². The molecule has 0 aromatic heterocycles. The van der Waals surface area contributed by atoms with E-state index in [0.717, 1.165) is 12.1 Å². The Morgan fingerprint density at radius 2 is 1.69 bits per heavy atom. The minimum Gasteiger partial charge on any atom is -0.484 e. The summed E-state index contributed by atoms with van der Waals surface area (Å²) in [6, 6.07) is 4.10. The molecule has 0 atom stereocenters. The number of nitrogens with one attached hydrogen (secondary N) is 2. The monoisotopic (exact) mass is 417 g/mol. The van der Waals surface area contributed by atoms with Crippen LogP contribution >= 0.6 is 0 Å². The van der Waals surface area contributed by atoms with E-state index in [0.29, 0.717) is 25.9 Å². The Morgan fingerprint density at radius 3 is 2.21 bits per heavy atom.